The monoisotopic (exact) mass is 593 g/mol. The number of alkyl halides is 3. The van der Waals surface area contributed by atoms with Gasteiger partial charge in [-0.1, -0.05) is 31.2 Å². The van der Waals surface area contributed by atoms with Gasteiger partial charge in [-0.25, -0.2) is 8.42 Å². The third kappa shape index (κ3) is 7.12. The fraction of sp³-hybridized carbons (Fsp3) is 0.533. The van der Waals surface area contributed by atoms with Crippen molar-refractivity contribution in [3.63, 3.8) is 0 Å². The fourth-order valence-corrected chi connectivity index (χ4v) is 8.09. The molecule has 2 aromatic carbocycles. The van der Waals surface area contributed by atoms with Gasteiger partial charge in [-0.2, -0.15) is 13.2 Å². The molecule has 1 N–H and O–H groups in total. The van der Waals surface area contributed by atoms with Gasteiger partial charge in [0.25, 0.3) is 5.91 Å². The lowest BCUT2D eigenvalue weighted by atomic mass is 9.80. The summed E-state index contributed by atoms with van der Waals surface area (Å²) in [6.07, 6.45) is -2.23. The topological polar surface area (TPSA) is 86.8 Å². The number of carbonyl (C=O) groups excluding carboxylic acids is 2. The molecule has 2 amide bonds. The molecule has 0 spiro atoms. The lowest BCUT2D eigenvalue weighted by Crippen LogP contribution is -2.53. The van der Waals surface area contributed by atoms with E-state index in [1.807, 2.05) is 0 Å². The Morgan fingerprint density at radius 3 is 2.41 bits per heavy atom. The maximum Gasteiger partial charge on any atom is 0.416 e. The van der Waals surface area contributed by atoms with Crippen LogP contribution in [0.15, 0.2) is 59.5 Å². The first-order valence-corrected chi connectivity index (χ1v) is 15.8. The van der Waals surface area contributed by atoms with Crippen molar-refractivity contribution in [2.75, 3.05) is 18.8 Å². The molecule has 2 aliphatic rings. The summed E-state index contributed by atoms with van der Waals surface area (Å²) in [5, 5.41) is 2.61. The Bertz CT molecular complexity index is 1330. The first-order valence-electron chi connectivity index (χ1n) is 14.1. The summed E-state index contributed by atoms with van der Waals surface area (Å²) in [5.41, 5.74) is -1.11. The predicted molar refractivity (Wildman–Crippen MR) is 150 cm³/mol. The number of sulfone groups is 1. The van der Waals surface area contributed by atoms with Gasteiger partial charge in [0.15, 0.2) is 9.84 Å². The second-order valence-electron chi connectivity index (χ2n) is 11.2. The number of halogens is 3. The summed E-state index contributed by atoms with van der Waals surface area (Å²) in [4.78, 5) is 30.6. The lowest BCUT2D eigenvalue weighted by Gasteiger charge is -2.45. The largest absolute Gasteiger partial charge is 0.416 e. The number of carbonyl (C=O) groups is 2. The zero-order chi connectivity index (χ0) is 29.9. The normalized spacial score (nSPS) is 23.8. The smallest absolute Gasteiger partial charge is 0.340 e. The summed E-state index contributed by atoms with van der Waals surface area (Å²) in [6, 6.07) is 11.7. The van der Waals surface area contributed by atoms with Gasteiger partial charge in [0, 0.05) is 30.2 Å². The molecule has 1 saturated heterocycles. The van der Waals surface area contributed by atoms with E-state index in [1.165, 1.54) is 6.07 Å². The van der Waals surface area contributed by atoms with Crippen molar-refractivity contribution in [2.45, 2.75) is 81.7 Å². The van der Waals surface area contributed by atoms with Crippen LogP contribution in [-0.2, 0) is 20.8 Å². The molecule has 0 radical (unpaired) electrons. The van der Waals surface area contributed by atoms with E-state index in [4.69, 9.17) is 0 Å². The SMILES string of the molecule is CCN(C(C)C)[C@@H]1CC[C@H](N2CC[C@H](NC(=O)c3cccc(C(F)(F)F)c3)C2=O)[C@@H](CS(=O)(=O)c2ccccc2)C1. The van der Waals surface area contributed by atoms with Gasteiger partial charge >= 0.3 is 6.18 Å². The van der Waals surface area contributed by atoms with Gasteiger partial charge in [-0.3, -0.25) is 14.5 Å². The molecule has 0 unspecified atom stereocenters. The first-order chi connectivity index (χ1) is 19.3. The highest BCUT2D eigenvalue weighted by Gasteiger charge is 2.44. The number of rotatable bonds is 9. The molecule has 1 saturated carbocycles. The van der Waals surface area contributed by atoms with Gasteiger partial charge in [0.05, 0.1) is 16.2 Å². The molecule has 2 fully saturated rings. The Morgan fingerprint density at radius 1 is 1.07 bits per heavy atom. The maximum absolute atomic E-state index is 13.5. The van der Waals surface area contributed by atoms with Crippen LogP contribution in [0.5, 0.6) is 0 Å². The van der Waals surface area contributed by atoms with Gasteiger partial charge in [-0.15, -0.1) is 0 Å². The average Bonchev–Trinajstić information content (AvgIpc) is 3.28. The Balaban J connectivity index is 1.52. The number of nitrogens with one attached hydrogen (secondary N) is 1. The van der Waals surface area contributed by atoms with Gasteiger partial charge < -0.3 is 10.2 Å². The Labute approximate surface area is 240 Å². The molecule has 11 heteroatoms. The molecular formula is C30H38F3N3O4S. The Hall–Kier alpha value is -2.92. The molecule has 7 nitrogen and oxygen atoms in total. The van der Waals surface area contributed by atoms with Crippen LogP contribution in [0.3, 0.4) is 0 Å². The second kappa shape index (κ2) is 12.5. The molecule has 2 aromatic rings. The zero-order valence-corrected chi connectivity index (χ0v) is 24.4. The predicted octanol–water partition coefficient (Wildman–Crippen LogP) is 4.78. The summed E-state index contributed by atoms with van der Waals surface area (Å²) >= 11 is 0. The van der Waals surface area contributed by atoms with E-state index in [0.717, 1.165) is 31.2 Å². The Kier molecular flexibility index (Phi) is 9.48. The standard InChI is InChI=1S/C30H38F3N3O4S/c1-4-35(20(2)3)24-13-14-27(22(18-24)19-41(39,40)25-11-6-5-7-12-25)36-16-15-26(29(36)38)34-28(37)21-9-8-10-23(17-21)30(31,32)33/h5-12,17,20,22,24,26-27H,4,13-16,18-19H2,1-3H3,(H,34,37)/t22-,24-,26+,27+/m1/s1. The van der Waals surface area contributed by atoms with E-state index in [-0.39, 0.29) is 46.2 Å². The van der Waals surface area contributed by atoms with Crippen LogP contribution in [0.4, 0.5) is 13.2 Å². The lowest BCUT2D eigenvalue weighted by molar-refractivity contribution is -0.137. The van der Waals surface area contributed by atoms with Crippen LogP contribution in [0.25, 0.3) is 0 Å². The van der Waals surface area contributed by atoms with Crippen LogP contribution in [-0.4, -0.2) is 73.0 Å². The third-order valence-corrected chi connectivity index (χ3v) is 10.2. The van der Waals surface area contributed by atoms with E-state index in [0.29, 0.717) is 25.8 Å². The molecule has 0 bridgehead atoms. The number of hydrogen-bond acceptors (Lipinski definition) is 5. The fourth-order valence-electron chi connectivity index (χ4n) is 6.41. The molecule has 224 valence electrons. The van der Waals surface area contributed by atoms with Crippen molar-refractivity contribution in [2.24, 2.45) is 5.92 Å². The number of nitrogens with zero attached hydrogens (tertiary/aromatic N) is 2. The van der Waals surface area contributed by atoms with E-state index >= 15 is 0 Å². The van der Waals surface area contributed by atoms with Crippen molar-refractivity contribution >= 4 is 21.7 Å². The van der Waals surface area contributed by atoms with Crippen LogP contribution >= 0.6 is 0 Å². The van der Waals surface area contributed by atoms with E-state index in [9.17, 15) is 31.2 Å². The van der Waals surface area contributed by atoms with Crippen LogP contribution in [0.1, 0.15) is 62.4 Å². The molecule has 41 heavy (non-hydrogen) atoms. The van der Waals surface area contributed by atoms with Crippen LogP contribution in [0, 0.1) is 5.92 Å². The minimum atomic E-state index is -4.59. The molecule has 1 aliphatic heterocycles. The van der Waals surface area contributed by atoms with Crippen LogP contribution < -0.4 is 5.32 Å². The molecule has 1 aliphatic carbocycles. The van der Waals surface area contributed by atoms with Crippen molar-refractivity contribution in [3.8, 4) is 0 Å². The first kappa shape index (κ1) is 31.0. The van der Waals surface area contributed by atoms with E-state index < -0.39 is 33.5 Å². The van der Waals surface area contributed by atoms with Crippen molar-refractivity contribution in [3.05, 3.63) is 65.7 Å². The molecule has 0 aromatic heterocycles. The highest BCUT2D eigenvalue weighted by Crippen LogP contribution is 2.36. The minimum Gasteiger partial charge on any atom is -0.340 e. The van der Waals surface area contributed by atoms with Crippen LogP contribution in [0.2, 0.25) is 0 Å². The highest BCUT2D eigenvalue weighted by atomic mass is 32.2. The Morgan fingerprint density at radius 2 is 1.78 bits per heavy atom. The van der Waals surface area contributed by atoms with Gasteiger partial charge in [0.2, 0.25) is 5.91 Å². The summed E-state index contributed by atoms with van der Waals surface area (Å²) in [7, 11) is -3.62. The molecule has 4 atom stereocenters. The molecule has 1 heterocycles. The molecule has 4 rings (SSSR count). The average molecular weight is 594 g/mol. The number of amides is 2. The van der Waals surface area contributed by atoms with Crippen molar-refractivity contribution in [1.29, 1.82) is 0 Å². The number of benzene rings is 2. The maximum atomic E-state index is 13.5. The summed E-state index contributed by atoms with van der Waals surface area (Å²) in [6.45, 7) is 7.49. The van der Waals surface area contributed by atoms with Gasteiger partial charge in [0.1, 0.15) is 6.04 Å². The highest BCUT2D eigenvalue weighted by molar-refractivity contribution is 7.91. The van der Waals surface area contributed by atoms with E-state index in [2.05, 4.69) is 31.0 Å². The summed E-state index contributed by atoms with van der Waals surface area (Å²) < 4.78 is 66.2. The summed E-state index contributed by atoms with van der Waals surface area (Å²) in [5.74, 6) is -1.49. The zero-order valence-electron chi connectivity index (χ0n) is 23.6. The number of hydrogen-bond donors (Lipinski definition) is 1. The van der Waals surface area contributed by atoms with Crippen molar-refractivity contribution in [1.82, 2.24) is 15.1 Å². The molecular weight excluding hydrogens is 555 g/mol. The van der Waals surface area contributed by atoms with Crippen molar-refractivity contribution < 1.29 is 31.2 Å². The number of likely N-dealkylation sites (tertiary alicyclic amines) is 1. The quantitative estimate of drug-likeness (QED) is 0.453. The minimum absolute atomic E-state index is 0.0983. The second-order valence-corrected chi connectivity index (χ2v) is 13.3. The van der Waals surface area contributed by atoms with Gasteiger partial charge in [-0.05, 0) is 82.3 Å². The third-order valence-electron chi connectivity index (χ3n) is 8.35. The van der Waals surface area contributed by atoms with E-state index in [1.54, 1.807) is 35.2 Å².